The highest BCUT2D eigenvalue weighted by atomic mass is 19.1. The van der Waals surface area contributed by atoms with E-state index in [-0.39, 0.29) is 5.56 Å². The minimum absolute atomic E-state index is 0.108. The number of nitriles is 1. The smallest absolute Gasteiger partial charge is 0.141 e. The van der Waals surface area contributed by atoms with Crippen molar-refractivity contribution < 1.29 is 4.39 Å². The van der Waals surface area contributed by atoms with Gasteiger partial charge in [0.1, 0.15) is 24.0 Å². The number of anilines is 1. The number of aromatic nitrogens is 2. The van der Waals surface area contributed by atoms with Crippen molar-refractivity contribution >= 4 is 16.7 Å². The zero-order chi connectivity index (χ0) is 15.4. The average Bonchev–Trinajstić information content (AvgIpc) is 2.55. The van der Waals surface area contributed by atoms with Crippen LogP contribution in [-0.2, 0) is 6.42 Å². The van der Waals surface area contributed by atoms with Gasteiger partial charge in [0.15, 0.2) is 0 Å². The normalized spacial score (nSPS) is 10.4. The van der Waals surface area contributed by atoms with Crippen LogP contribution >= 0.6 is 0 Å². The molecular weight excluding hydrogens is 279 g/mol. The van der Waals surface area contributed by atoms with Gasteiger partial charge in [-0.25, -0.2) is 14.4 Å². The van der Waals surface area contributed by atoms with Gasteiger partial charge in [0.2, 0.25) is 0 Å². The van der Waals surface area contributed by atoms with Crippen LogP contribution in [-0.4, -0.2) is 16.5 Å². The third-order valence-corrected chi connectivity index (χ3v) is 3.44. The van der Waals surface area contributed by atoms with Crippen molar-refractivity contribution in [3.05, 3.63) is 65.7 Å². The van der Waals surface area contributed by atoms with E-state index in [1.807, 2.05) is 30.3 Å². The fourth-order valence-electron chi connectivity index (χ4n) is 2.36. The van der Waals surface area contributed by atoms with Gasteiger partial charge in [0.25, 0.3) is 0 Å². The lowest BCUT2D eigenvalue weighted by Crippen LogP contribution is -2.08. The third kappa shape index (κ3) is 2.72. The summed E-state index contributed by atoms with van der Waals surface area (Å²) in [7, 11) is 0. The van der Waals surface area contributed by atoms with Crippen LogP contribution < -0.4 is 5.32 Å². The summed E-state index contributed by atoms with van der Waals surface area (Å²) in [6, 6.07) is 14.3. The third-order valence-electron chi connectivity index (χ3n) is 3.44. The molecule has 1 heterocycles. The number of benzene rings is 2. The highest BCUT2D eigenvalue weighted by Crippen LogP contribution is 2.19. The van der Waals surface area contributed by atoms with Crippen LogP contribution in [0.5, 0.6) is 0 Å². The molecule has 1 aromatic heterocycles. The summed E-state index contributed by atoms with van der Waals surface area (Å²) >= 11 is 0. The molecular formula is C17H13FN4. The fourth-order valence-corrected chi connectivity index (χ4v) is 2.36. The van der Waals surface area contributed by atoms with Gasteiger partial charge in [-0.2, -0.15) is 5.26 Å². The molecule has 0 aliphatic carbocycles. The number of para-hydroxylation sites is 1. The number of nitrogens with one attached hydrogen (secondary N) is 1. The molecule has 3 aromatic rings. The first kappa shape index (κ1) is 14.0. The van der Waals surface area contributed by atoms with Gasteiger partial charge in [-0.3, -0.25) is 0 Å². The Morgan fingerprint density at radius 2 is 1.95 bits per heavy atom. The van der Waals surface area contributed by atoms with Gasteiger partial charge < -0.3 is 5.32 Å². The van der Waals surface area contributed by atoms with Crippen molar-refractivity contribution in [3.8, 4) is 6.07 Å². The lowest BCUT2D eigenvalue weighted by Gasteiger charge is -2.09. The fraction of sp³-hybridized carbons (Fsp3) is 0.118. The zero-order valence-corrected chi connectivity index (χ0v) is 11.8. The van der Waals surface area contributed by atoms with E-state index in [2.05, 4.69) is 15.3 Å². The first-order valence-electron chi connectivity index (χ1n) is 6.90. The van der Waals surface area contributed by atoms with Crippen LogP contribution in [0.1, 0.15) is 11.1 Å². The van der Waals surface area contributed by atoms with Gasteiger partial charge in [0.05, 0.1) is 11.1 Å². The van der Waals surface area contributed by atoms with Gasteiger partial charge >= 0.3 is 0 Å². The molecule has 2 aromatic carbocycles. The second kappa shape index (κ2) is 6.19. The number of hydrogen-bond donors (Lipinski definition) is 1. The lowest BCUT2D eigenvalue weighted by atomic mass is 10.1. The summed E-state index contributed by atoms with van der Waals surface area (Å²) in [6.45, 7) is 0.555. The molecule has 0 bridgehead atoms. The van der Waals surface area contributed by atoms with Crippen molar-refractivity contribution in [2.75, 3.05) is 11.9 Å². The summed E-state index contributed by atoms with van der Waals surface area (Å²) < 4.78 is 13.5. The Hall–Kier alpha value is -3.00. The van der Waals surface area contributed by atoms with E-state index in [0.717, 1.165) is 16.7 Å². The molecule has 0 unspecified atom stereocenters. The molecule has 4 nitrogen and oxygen atoms in total. The maximum atomic E-state index is 13.5. The van der Waals surface area contributed by atoms with Crippen LogP contribution in [0.3, 0.4) is 0 Å². The quantitative estimate of drug-likeness (QED) is 0.801. The number of fused-ring (bicyclic) bond motifs is 1. The Kier molecular flexibility index (Phi) is 3.92. The van der Waals surface area contributed by atoms with Crippen molar-refractivity contribution in [2.24, 2.45) is 0 Å². The topological polar surface area (TPSA) is 61.6 Å². The van der Waals surface area contributed by atoms with Crippen molar-refractivity contribution in [2.45, 2.75) is 6.42 Å². The van der Waals surface area contributed by atoms with Crippen molar-refractivity contribution in [3.63, 3.8) is 0 Å². The molecule has 108 valence electrons. The van der Waals surface area contributed by atoms with Crippen LogP contribution in [0.2, 0.25) is 0 Å². The maximum Gasteiger partial charge on any atom is 0.141 e. The average molecular weight is 292 g/mol. The standard InChI is InChI=1S/C17H13FN4/c18-15-6-3-4-12(14(15)10-19)8-9-20-17-13-5-1-2-7-16(13)21-11-22-17/h1-7,11H,8-9H2,(H,20,21,22). The number of rotatable bonds is 4. The van der Waals surface area contributed by atoms with E-state index in [9.17, 15) is 4.39 Å². The largest absolute Gasteiger partial charge is 0.369 e. The molecule has 0 aliphatic rings. The van der Waals surface area contributed by atoms with Crippen LogP contribution in [0, 0.1) is 17.1 Å². The SMILES string of the molecule is N#Cc1c(F)cccc1CCNc1ncnc2ccccc12. The van der Waals surface area contributed by atoms with Gasteiger partial charge in [-0.1, -0.05) is 24.3 Å². The lowest BCUT2D eigenvalue weighted by molar-refractivity contribution is 0.621. The summed E-state index contributed by atoms with van der Waals surface area (Å²) in [5, 5.41) is 13.2. The Morgan fingerprint density at radius 1 is 1.09 bits per heavy atom. The Morgan fingerprint density at radius 3 is 2.82 bits per heavy atom. The van der Waals surface area contributed by atoms with E-state index >= 15 is 0 Å². The summed E-state index contributed by atoms with van der Waals surface area (Å²) in [5.74, 6) is 0.257. The molecule has 0 aliphatic heterocycles. The van der Waals surface area contributed by atoms with Crippen LogP contribution in [0.15, 0.2) is 48.8 Å². The van der Waals surface area contributed by atoms with Crippen LogP contribution in [0.4, 0.5) is 10.2 Å². The van der Waals surface area contributed by atoms with Gasteiger partial charge in [0, 0.05) is 11.9 Å². The highest BCUT2D eigenvalue weighted by Gasteiger charge is 2.08. The molecule has 0 fully saturated rings. The van der Waals surface area contributed by atoms with E-state index < -0.39 is 5.82 Å². The molecule has 1 N–H and O–H groups in total. The summed E-state index contributed by atoms with van der Waals surface area (Å²) in [6.07, 6.45) is 2.05. The minimum atomic E-state index is -0.479. The van der Waals surface area contributed by atoms with E-state index in [0.29, 0.717) is 18.5 Å². The molecule has 0 atom stereocenters. The number of hydrogen-bond acceptors (Lipinski definition) is 4. The first-order valence-corrected chi connectivity index (χ1v) is 6.90. The zero-order valence-electron chi connectivity index (χ0n) is 11.8. The second-order valence-corrected chi connectivity index (χ2v) is 4.80. The number of nitrogens with zero attached hydrogens (tertiary/aromatic N) is 3. The predicted octanol–water partition coefficient (Wildman–Crippen LogP) is 3.30. The molecule has 0 radical (unpaired) electrons. The maximum absolute atomic E-state index is 13.5. The molecule has 22 heavy (non-hydrogen) atoms. The molecule has 0 saturated heterocycles. The van der Waals surface area contributed by atoms with Crippen molar-refractivity contribution in [1.82, 2.24) is 9.97 Å². The summed E-state index contributed by atoms with van der Waals surface area (Å²) in [5.41, 5.74) is 1.66. The molecule has 0 saturated carbocycles. The van der Waals surface area contributed by atoms with E-state index in [1.54, 1.807) is 12.1 Å². The van der Waals surface area contributed by atoms with E-state index in [1.165, 1.54) is 12.4 Å². The van der Waals surface area contributed by atoms with Crippen LogP contribution in [0.25, 0.3) is 10.9 Å². The predicted molar refractivity (Wildman–Crippen MR) is 82.8 cm³/mol. The van der Waals surface area contributed by atoms with Gasteiger partial charge in [-0.05, 0) is 30.2 Å². The highest BCUT2D eigenvalue weighted by molar-refractivity contribution is 5.88. The molecule has 0 amide bonds. The molecule has 0 spiro atoms. The molecule has 5 heteroatoms. The Balaban J connectivity index is 1.76. The Labute approximate surface area is 127 Å². The summed E-state index contributed by atoms with van der Waals surface area (Å²) in [4.78, 5) is 8.44. The van der Waals surface area contributed by atoms with Crippen molar-refractivity contribution in [1.29, 1.82) is 5.26 Å². The number of halogens is 1. The monoisotopic (exact) mass is 292 g/mol. The van der Waals surface area contributed by atoms with E-state index in [4.69, 9.17) is 5.26 Å². The van der Waals surface area contributed by atoms with Gasteiger partial charge in [-0.15, -0.1) is 0 Å². The Bertz CT molecular complexity index is 849. The second-order valence-electron chi connectivity index (χ2n) is 4.80. The molecule has 3 rings (SSSR count). The minimum Gasteiger partial charge on any atom is -0.369 e. The first-order chi connectivity index (χ1) is 10.8.